The number of β-amino-alcohol motifs (C(OH)–C–C–N with tert-alkyl or cyclic N) is 2. The number of nitrogens with one attached hydrogen (secondary N) is 2. The molecule has 4 aliphatic rings. The third kappa shape index (κ3) is 9.73. The van der Waals surface area contributed by atoms with Crippen LogP contribution in [-0.2, 0) is 30.7 Å². The van der Waals surface area contributed by atoms with Gasteiger partial charge >= 0.3 is 12.1 Å². The molecule has 0 aliphatic carbocycles. The molecular formula is C41H55N7O5. The smallest absolute Gasteiger partial charge is 0.317 e. The molecule has 7 rings (SSSR count). The lowest BCUT2D eigenvalue weighted by Gasteiger charge is -2.34. The highest BCUT2D eigenvalue weighted by molar-refractivity contribution is 5.74. The topological polar surface area (TPSA) is 134 Å². The summed E-state index contributed by atoms with van der Waals surface area (Å²) in [7, 11) is 0. The van der Waals surface area contributed by atoms with Crippen LogP contribution in [0.5, 0.6) is 0 Å². The third-order valence-electron chi connectivity index (χ3n) is 11.3. The number of hydrogen-bond acceptors (Lipinski definition) is 8. The minimum absolute atomic E-state index is 0.0603. The first-order valence-electron chi connectivity index (χ1n) is 19.5. The third-order valence-corrected chi connectivity index (χ3v) is 11.3. The number of amides is 4. The van der Waals surface area contributed by atoms with Crippen LogP contribution in [0.25, 0.3) is 0 Å². The Morgan fingerprint density at radius 2 is 1.34 bits per heavy atom. The summed E-state index contributed by atoms with van der Waals surface area (Å²) in [6, 6.07) is 20.5. The number of ether oxygens (including phenoxy) is 1. The Hall–Kier alpha value is -4.07. The van der Waals surface area contributed by atoms with Crippen molar-refractivity contribution in [1.82, 2.24) is 35.2 Å². The van der Waals surface area contributed by atoms with Gasteiger partial charge < -0.3 is 35.4 Å². The van der Waals surface area contributed by atoms with Crippen molar-refractivity contribution >= 4 is 12.1 Å². The summed E-state index contributed by atoms with van der Waals surface area (Å²) in [6.45, 7) is 7.45. The van der Waals surface area contributed by atoms with Crippen LogP contribution in [0.2, 0.25) is 0 Å². The van der Waals surface area contributed by atoms with Crippen LogP contribution in [0.1, 0.15) is 64.8 Å². The van der Waals surface area contributed by atoms with Gasteiger partial charge in [0.05, 0.1) is 30.6 Å². The van der Waals surface area contributed by atoms with Crippen molar-refractivity contribution in [2.24, 2.45) is 0 Å². The second-order valence-electron chi connectivity index (χ2n) is 15.1. The van der Waals surface area contributed by atoms with Crippen molar-refractivity contribution in [2.45, 2.75) is 69.4 Å². The second-order valence-corrected chi connectivity index (χ2v) is 15.1. The Morgan fingerprint density at radius 1 is 0.736 bits per heavy atom. The number of hydrogen-bond donors (Lipinski definition) is 4. The van der Waals surface area contributed by atoms with Gasteiger partial charge in [-0.05, 0) is 60.4 Å². The molecule has 0 spiro atoms. The lowest BCUT2D eigenvalue weighted by Crippen LogP contribution is -2.48. The summed E-state index contributed by atoms with van der Waals surface area (Å²) in [6.07, 6.45) is 4.63. The van der Waals surface area contributed by atoms with E-state index in [1.807, 2.05) is 11.0 Å². The first kappa shape index (κ1) is 37.3. The van der Waals surface area contributed by atoms with Gasteiger partial charge in [-0.1, -0.05) is 54.6 Å². The second kappa shape index (κ2) is 17.8. The van der Waals surface area contributed by atoms with E-state index in [1.54, 1.807) is 11.1 Å². The van der Waals surface area contributed by atoms with Gasteiger partial charge in [0.15, 0.2) is 0 Å². The van der Waals surface area contributed by atoms with Crippen LogP contribution in [0.3, 0.4) is 0 Å². The fraction of sp³-hybridized carbons (Fsp3) is 0.537. The molecule has 5 heterocycles. The first-order valence-corrected chi connectivity index (χ1v) is 19.5. The highest BCUT2D eigenvalue weighted by atomic mass is 16.5. The van der Waals surface area contributed by atoms with Crippen LogP contribution >= 0.6 is 0 Å². The Morgan fingerprint density at radius 3 is 1.98 bits per heavy atom. The Kier molecular flexibility index (Phi) is 12.5. The molecule has 2 unspecified atom stereocenters. The summed E-state index contributed by atoms with van der Waals surface area (Å²) in [5, 5.41) is 27.5. The molecule has 4 atom stereocenters. The quantitative estimate of drug-likeness (QED) is 0.251. The SMILES string of the molecule is O=C(NC[C@H](O)CN1CCc2ccccc2C1)N1CCOC(c2cccnc2C2CCCN(C(=O)NC[C@H](O)CN3CCc4ccccc4C3)C2)CC1. The molecule has 3 aromatic rings. The van der Waals surface area contributed by atoms with Gasteiger partial charge in [0.1, 0.15) is 0 Å². The van der Waals surface area contributed by atoms with E-state index in [0.29, 0.717) is 52.3 Å². The number of likely N-dealkylation sites (tertiary alicyclic amines) is 1. The summed E-state index contributed by atoms with van der Waals surface area (Å²) in [4.78, 5) is 39.4. The molecule has 0 radical (unpaired) electrons. The van der Waals surface area contributed by atoms with E-state index >= 15 is 0 Å². The number of fused-ring (bicyclic) bond motifs is 2. The van der Waals surface area contributed by atoms with Gasteiger partial charge in [-0.3, -0.25) is 14.8 Å². The molecule has 4 amide bonds. The maximum Gasteiger partial charge on any atom is 0.317 e. The predicted molar refractivity (Wildman–Crippen MR) is 202 cm³/mol. The van der Waals surface area contributed by atoms with Crippen molar-refractivity contribution in [3.05, 3.63) is 100 Å². The Balaban J connectivity index is 0.862. The fourth-order valence-corrected chi connectivity index (χ4v) is 8.43. The van der Waals surface area contributed by atoms with Crippen molar-refractivity contribution in [3.8, 4) is 0 Å². The average molecular weight is 726 g/mol. The summed E-state index contributed by atoms with van der Waals surface area (Å²) >= 11 is 0. The van der Waals surface area contributed by atoms with Gasteiger partial charge in [-0.25, -0.2) is 9.59 Å². The highest BCUT2D eigenvalue weighted by Gasteiger charge is 2.31. The summed E-state index contributed by atoms with van der Waals surface area (Å²) < 4.78 is 6.33. The number of benzene rings is 2. The summed E-state index contributed by atoms with van der Waals surface area (Å²) in [5.74, 6) is 0.0603. The zero-order valence-electron chi connectivity index (χ0n) is 30.7. The van der Waals surface area contributed by atoms with E-state index < -0.39 is 12.2 Å². The van der Waals surface area contributed by atoms with Crippen molar-refractivity contribution in [1.29, 1.82) is 0 Å². The van der Waals surface area contributed by atoms with Crippen molar-refractivity contribution in [2.75, 3.05) is 72.1 Å². The Labute approximate surface area is 313 Å². The fourth-order valence-electron chi connectivity index (χ4n) is 8.43. The largest absolute Gasteiger partial charge is 0.390 e. The number of carbonyl (C=O) groups is 2. The first-order chi connectivity index (χ1) is 25.9. The van der Waals surface area contributed by atoms with E-state index in [1.165, 1.54) is 22.3 Å². The van der Waals surface area contributed by atoms with Gasteiger partial charge in [-0.15, -0.1) is 0 Å². The molecule has 4 N–H and O–H groups in total. The molecule has 284 valence electrons. The molecule has 2 aromatic carbocycles. The lowest BCUT2D eigenvalue weighted by molar-refractivity contribution is 0.0608. The van der Waals surface area contributed by atoms with E-state index in [0.717, 1.165) is 63.1 Å². The number of aromatic nitrogens is 1. The Bertz CT molecular complexity index is 1690. The lowest BCUT2D eigenvalue weighted by atomic mass is 9.89. The maximum absolute atomic E-state index is 13.3. The normalized spacial score (nSPS) is 22.2. The zero-order chi connectivity index (χ0) is 36.6. The highest BCUT2D eigenvalue weighted by Crippen LogP contribution is 2.34. The predicted octanol–water partition coefficient (Wildman–Crippen LogP) is 3.28. The molecule has 53 heavy (non-hydrogen) atoms. The number of piperidine rings is 1. The van der Waals surface area contributed by atoms with Gasteiger partial charge in [0.25, 0.3) is 0 Å². The number of aliphatic hydroxyl groups is 2. The number of urea groups is 2. The van der Waals surface area contributed by atoms with E-state index in [9.17, 15) is 19.8 Å². The zero-order valence-corrected chi connectivity index (χ0v) is 30.7. The molecule has 12 heteroatoms. The number of carbonyl (C=O) groups excluding carboxylic acids is 2. The minimum atomic E-state index is -0.654. The van der Waals surface area contributed by atoms with Gasteiger partial charge in [0, 0.05) is 96.2 Å². The molecule has 1 aromatic heterocycles. The molecule has 0 saturated carbocycles. The van der Waals surface area contributed by atoms with E-state index in [4.69, 9.17) is 9.72 Å². The molecule has 0 bridgehead atoms. The van der Waals surface area contributed by atoms with Crippen molar-refractivity contribution in [3.63, 3.8) is 0 Å². The number of nitrogens with zero attached hydrogens (tertiary/aromatic N) is 5. The monoisotopic (exact) mass is 725 g/mol. The van der Waals surface area contributed by atoms with E-state index in [2.05, 4.69) is 75.0 Å². The van der Waals surface area contributed by atoms with Crippen molar-refractivity contribution < 1.29 is 24.5 Å². The molecule has 12 nitrogen and oxygen atoms in total. The minimum Gasteiger partial charge on any atom is -0.390 e. The number of rotatable bonds is 10. The molecule has 2 saturated heterocycles. The van der Waals surface area contributed by atoms with Gasteiger partial charge in [0.2, 0.25) is 0 Å². The van der Waals surface area contributed by atoms with Crippen LogP contribution in [0, 0.1) is 0 Å². The van der Waals surface area contributed by atoms with Crippen LogP contribution < -0.4 is 10.6 Å². The standard InChI is InChI=1S/C41H55N7O5/c49-35(28-45-18-13-30-7-1-3-9-32(30)25-45)23-43-40(51)47-20-15-38(53-22-21-47)37-12-5-16-42-39(37)34-11-6-17-48(27-34)41(52)44-24-36(50)29-46-19-14-31-8-2-4-10-33(31)26-46/h1-5,7-10,12,16,34-36,38,49-50H,6,11,13-15,17-29H2,(H,43,51)(H,44,52)/t34?,35-,36-,38?/m0/s1. The molecular weight excluding hydrogens is 670 g/mol. The van der Waals surface area contributed by atoms with Crippen LogP contribution in [-0.4, -0.2) is 131 Å². The molecule has 2 fully saturated rings. The average Bonchev–Trinajstić information content (AvgIpc) is 3.46. The van der Waals surface area contributed by atoms with E-state index in [-0.39, 0.29) is 37.2 Å². The maximum atomic E-state index is 13.3. The number of aliphatic hydroxyl groups excluding tert-OH is 2. The van der Waals surface area contributed by atoms with Crippen LogP contribution in [0.15, 0.2) is 66.9 Å². The summed E-state index contributed by atoms with van der Waals surface area (Å²) in [5.41, 5.74) is 7.32. The van der Waals surface area contributed by atoms with Gasteiger partial charge in [-0.2, -0.15) is 0 Å². The number of pyridine rings is 1. The van der Waals surface area contributed by atoms with Crippen LogP contribution in [0.4, 0.5) is 9.59 Å². The molecule has 4 aliphatic heterocycles.